The summed E-state index contributed by atoms with van der Waals surface area (Å²) >= 11 is 0. The number of hydrogen-bond donors (Lipinski definition) is 1. The number of hydrogen-bond acceptors (Lipinski definition) is 4. The Kier molecular flexibility index (Phi) is 10.6. The van der Waals surface area contributed by atoms with Crippen LogP contribution in [0, 0.1) is 6.92 Å². The molecule has 0 aliphatic carbocycles. The molecule has 3 rings (SSSR count). The molecule has 0 aromatic heterocycles. The molecule has 0 saturated carbocycles. The van der Waals surface area contributed by atoms with E-state index >= 15 is 0 Å². The lowest BCUT2D eigenvalue weighted by atomic mass is 10.1. The van der Waals surface area contributed by atoms with Crippen LogP contribution in [0.4, 0.5) is 0 Å². The third kappa shape index (κ3) is 6.91. The lowest BCUT2D eigenvalue weighted by molar-refractivity contribution is -0.133. The largest absolute Gasteiger partial charge is 0.340 e. The van der Waals surface area contributed by atoms with Crippen molar-refractivity contribution in [2.75, 3.05) is 52.4 Å². The number of rotatable bonds is 4. The number of aryl methyl sites for hydroxylation is 1. The molecule has 1 atom stereocenters. The molecule has 27 heavy (non-hydrogen) atoms. The number of nitrogens with zero attached hydrogens (tertiary/aromatic N) is 3. The summed E-state index contributed by atoms with van der Waals surface area (Å²) in [6, 6.07) is 9.05. The highest BCUT2D eigenvalue weighted by atomic mass is 35.5. The third-order valence-corrected chi connectivity index (χ3v) is 5.57. The van der Waals surface area contributed by atoms with E-state index in [2.05, 4.69) is 58.1 Å². The fourth-order valence-electron chi connectivity index (χ4n) is 3.80. The van der Waals surface area contributed by atoms with Gasteiger partial charge in [-0.05, 0) is 31.4 Å². The SMILES string of the molecule is Cc1ccccc1CN1CCCN(C(=O)CN2CCNC[C@H]2C)CC1.Cl.Cl. The monoisotopic (exact) mass is 416 g/mol. The molecule has 7 heteroatoms. The lowest BCUT2D eigenvalue weighted by Crippen LogP contribution is -2.53. The van der Waals surface area contributed by atoms with Crippen LogP contribution < -0.4 is 5.32 Å². The Bertz CT molecular complexity index is 587. The number of amides is 1. The van der Waals surface area contributed by atoms with Gasteiger partial charge < -0.3 is 10.2 Å². The van der Waals surface area contributed by atoms with Gasteiger partial charge in [0.2, 0.25) is 5.91 Å². The summed E-state index contributed by atoms with van der Waals surface area (Å²) < 4.78 is 0. The van der Waals surface area contributed by atoms with E-state index in [9.17, 15) is 4.79 Å². The van der Waals surface area contributed by atoms with Crippen LogP contribution in [0.2, 0.25) is 0 Å². The van der Waals surface area contributed by atoms with Gasteiger partial charge in [-0.1, -0.05) is 24.3 Å². The van der Waals surface area contributed by atoms with Gasteiger partial charge in [0.25, 0.3) is 0 Å². The molecule has 1 aromatic carbocycles. The van der Waals surface area contributed by atoms with Gasteiger partial charge in [0.15, 0.2) is 0 Å². The van der Waals surface area contributed by atoms with Crippen LogP contribution in [0.25, 0.3) is 0 Å². The molecule has 0 bridgehead atoms. The van der Waals surface area contributed by atoms with Crippen LogP contribution in [-0.2, 0) is 11.3 Å². The standard InChI is InChI=1S/C20H32N4O.2ClH/c1-17-6-3-4-7-19(17)15-22-9-5-10-23(13-12-22)20(25)16-24-11-8-21-14-18(24)2;;/h3-4,6-7,18,21H,5,8-16H2,1-2H3;2*1H/t18-;;/m1../s1. The summed E-state index contributed by atoms with van der Waals surface area (Å²) in [5.74, 6) is 0.298. The molecule has 0 spiro atoms. The van der Waals surface area contributed by atoms with Crippen LogP contribution in [-0.4, -0.2) is 79.0 Å². The van der Waals surface area contributed by atoms with Crippen molar-refractivity contribution in [1.29, 1.82) is 0 Å². The minimum Gasteiger partial charge on any atom is -0.340 e. The van der Waals surface area contributed by atoms with Crippen molar-refractivity contribution < 1.29 is 4.79 Å². The molecule has 2 fully saturated rings. The molecule has 0 unspecified atom stereocenters. The average Bonchev–Trinajstić information content (AvgIpc) is 2.85. The Labute approximate surface area is 176 Å². The third-order valence-electron chi connectivity index (χ3n) is 5.57. The van der Waals surface area contributed by atoms with Crippen LogP contribution in [0.3, 0.4) is 0 Å². The average molecular weight is 417 g/mol. The van der Waals surface area contributed by atoms with E-state index in [-0.39, 0.29) is 24.8 Å². The topological polar surface area (TPSA) is 38.8 Å². The summed E-state index contributed by atoms with van der Waals surface area (Å²) in [7, 11) is 0. The van der Waals surface area contributed by atoms with E-state index in [1.165, 1.54) is 11.1 Å². The summed E-state index contributed by atoms with van der Waals surface area (Å²) in [5.41, 5.74) is 2.75. The Morgan fingerprint density at radius 2 is 1.89 bits per heavy atom. The Morgan fingerprint density at radius 1 is 1.11 bits per heavy atom. The molecule has 1 N–H and O–H groups in total. The zero-order chi connectivity index (χ0) is 17.6. The van der Waals surface area contributed by atoms with Crippen molar-refractivity contribution in [3.8, 4) is 0 Å². The molecule has 1 amide bonds. The first-order valence-corrected chi connectivity index (χ1v) is 9.63. The zero-order valence-corrected chi connectivity index (χ0v) is 18.2. The summed E-state index contributed by atoms with van der Waals surface area (Å²) in [6.07, 6.45) is 1.06. The maximum atomic E-state index is 12.7. The fourth-order valence-corrected chi connectivity index (χ4v) is 3.80. The van der Waals surface area contributed by atoms with Gasteiger partial charge in [-0.2, -0.15) is 0 Å². The smallest absolute Gasteiger partial charge is 0.236 e. The first-order valence-electron chi connectivity index (χ1n) is 9.63. The Balaban J connectivity index is 0.00000182. The van der Waals surface area contributed by atoms with Crippen molar-refractivity contribution >= 4 is 30.7 Å². The number of carbonyl (C=O) groups is 1. The van der Waals surface area contributed by atoms with Crippen LogP contribution >= 0.6 is 24.8 Å². The quantitative estimate of drug-likeness (QED) is 0.815. The summed E-state index contributed by atoms with van der Waals surface area (Å²) in [6.45, 7) is 12.7. The van der Waals surface area contributed by atoms with E-state index in [1.807, 2.05) is 0 Å². The van der Waals surface area contributed by atoms with E-state index in [1.54, 1.807) is 0 Å². The first kappa shape index (κ1) is 24.2. The second-order valence-electron chi connectivity index (χ2n) is 7.46. The van der Waals surface area contributed by atoms with Gasteiger partial charge in [-0.25, -0.2) is 0 Å². The molecule has 1 aromatic rings. The second kappa shape index (κ2) is 11.9. The maximum absolute atomic E-state index is 12.7. The van der Waals surface area contributed by atoms with E-state index in [0.717, 1.165) is 58.8 Å². The van der Waals surface area contributed by atoms with Gasteiger partial charge in [0.1, 0.15) is 0 Å². The number of nitrogens with one attached hydrogen (secondary N) is 1. The van der Waals surface area contributed by atoms with Crippen molar-refractivity contribution in [3.63, 3.8) is 0 Å². The molecule has 0 radical (unpaired) electrons. The molecule has 5 nitrogen and oxygen atoms in total. The van der Waals surface area contributed by atoms with E-state index < -0.39 is 0 Å². The fraction of sp³-hybridized carbons (Fsp3) is 0.650. The van der Waals surface area contributed by atoms with Gasteiger partial charge >= 0.3 is 0 Å². The van der Waals surface area contributed by atoms with Crippen molar-refractivity contribution in [1.82, 2.24) is 20.0 Å². The summed E-state index contributed by atoms with van der Waals surface area (Å²) in [5, 5.41) is 3.39. The molecule has 154 valence electrons. The Hall–Kier alpha value is -0.850. The van der Waals surface area contributed by atoms with Crippen molar-refractivity contribution in [2.24, 2.45) is 0 Å². The number of piperazine rings is 1. The van der Waals surface area contributed by atoms with Crippen LogP contribution in [0.15, 0.2) is 24.3 Å². The zero-order valence-electron chi connectivity index (χ0n) is 16.5. The van der Waals surface area contributed by atoms with Crippen molar-refractivity contribution in [3.05, 3.63) is 35.4 Å². The predicted molar refractivity (Wildman–Crippen MR) is 116 cm³/mol. The van der Waals surface area contributed by atoms with Gasteiger partial charge in [-0.15, -0.1) is 24.8 Å². The molecule has 2 aliphatic heterocycles. The second-order valence-corrected chi connectivity index (χ2v) is 7.46. The number of halogens is 2. The molecule has 2 saturated heterocycles. The number of benzene rings is 1. The minimum absolute atomic E-state index is 0. The highest BCUT2D eigenvalue weighted by Gasteiger charge is 2.24. The molecule has 2 heterocycles. The van der Waals surface area contributed by atoms with Crippen LogP contribution in [0.5, 0.6) is 0 Å². The van der Waals surface area contributed by atoms with E-state index in [0.29, 0.717) is 18.5 Å². The lowest BCUT2D eigenvalue weighted by Gasteiger charge is -2.34. The maximum Gasteiger partial charge on any atom is 0.236 e. The van der Waals surface area contributed by atoms with Crippen molar-refractivity contribution in [2.45, 2.75) is 32.9 Å². The highest BCUT2D eigenvalue weighted by Crippen LogP contribution is 2.13. The molecular formula is C20H34Cl2N4O. The minimum atomic E-state index is 0. The van der Waals surface area contributed by atoms with E-state index in [4.69, 9.17) is 0 Å². The summed E-state index contributed by atoms with van der Waals surface area (Å²) in [4.78, 5) is 19.6. The highest BCUT2D eigenvalue weighted by molar-refractivity contribution is 5.85. The molecular weight excluding hydrogens is 383 g/mol. The van der Waals surface area contributed by atoms with Gasteiger partial charge in [0.05, 0.1) is 6.54 Å². The van der Waals surface area contributed by atoms with Gasteiger partial charge in [0, 0.05) is 58.4 Å². The van der Waals surface area contributed by atoms with Gasteiger partial charge in [-0.3, -0.25) is 14.6 Å². The predicted octanol–water partition coefficient (Wildman–Crippen LogP) is 2.17. The molecule has 2 aliphatic rings. The Morgan fingerprint density at radius 3 is 2.63 bits per heavy atom. The van der Waals surface area contributed by atoms with Crippen LogP contribution in [0.1, 0.15) is 24.5 Å². The number of carbonyl (C=O) groups excluding carboxylic acids is 1. The normalized spacial score (nSPS) is 21.7. The first-order chi connectivity index (χ1) is 12.1.